The summed E-state index contributed by atoms with van der Waals surface area (Å²) in [6.07, 6.45) is 3.73. The average molecular weight is 321 g/mol. The van der Waals surface area contributed by atoms with Crippen molar-refractivity contribution in [3.05, 3.63) is 29.8 Å². The van der Waals surface area contributed by atoms with Crippen LogP contribution in [0.5, 0.6) is 0 Å². The van der Waals surface area contributed by atoms with Crippen LogP contribution >= 0.6 is 11.8 Å². The van der Waals surface area contributed by atoms with Crippen LogP contribution in [0.1, 0.15) is 44.6 Å². The van der Waals surface area contributed by atoms with Crippen molar-refractivity contribution in [2.24, 2.45) is 0 Å². The summed E-state index contributed by atoms with van der Waals surface area (Å²) in [5.74, 6) is -0.913. The maximum atomic E-state index is 12.7. The zero-order chi connectivity index (χ0) is 16.2. The maximum absolute atomic E-state index is 12.7. The highest BCUT2D eigenvalue weighted by atomic mass is 32.2. The fourth-order valence-corrected chi connectivity index (χ4v) is 4.19. The molecule has 1 aromatic rings. The van der Waals surface area contributed by atoms with E-state index in [1.807, 2.05) is 19.1 Å². The number of nitrogens with one attached hydrogen (secondary N) is 1. The SMILES string of the molecule is Cc1ccc(SC2(C(=O)NC(C)CC(=O)O)CCCC2)cc1. The van der Waals surface area contributed by atoms with Gasteiger partial charge in [0.15, 0.2) is 0 Å². The Morgan fingerprint density at radius 2 is 1.86 bits per heavy atom. The summed E-state index contributed by atoms with van der Waals surface area (Å²) in [6, 6.07) is 7.86. The number of carboxylic acid groups (broad SMARTS) is 1. The molecular weight excluding hydrogens is 298 g/mol. The molecule has 0 radical (unpaired) electrons. The van der Waals surface area contributed by atoms with Crippen molar-refractivity contribution in [3.8, 4) is 0 Å². The van der Waals surface area contributed by atoms with Crippen molar-refractivity contribution >= 4 is 23.6 Å². The zero-order valence-electron chi connectivity index (χ0n) is 13.1. The molecule has 1 aromatic carbocycles. The number of amides is 1. The molecule has 2 N–H and O–H groups in total. The normalized spacial score (nSPS) is 17.9. The molecule has 5 heteroatoms. The van der Waals surface area contributed by atoms with Gasteiger partial charge in [0.25, 0.3) is 0 Å². The number of aryl methyl sites for hydroxylation is 1. The minimum Gasteiger partial charge on any atom is -0.481 e. The first-order chi connectivity index (χ1) is 10.4. The Bertz CT molecular complexity index is 535. The van der Waals surface area contributed by atoms with Gasteiger partial charge in [-0.15, -0.1) is 11.8 Å². The molecule has 0 bridgehead atoms. The fraction of sp³-hybridized carbons (Fsp3) is 0.529. The maximum Gasteiger partial charge on any atom is 0.305 e. The predicted octanol–water partition coefficient (Wildman–Crippen LogP) is 3.38. The Labute approximate surface area is 135 Å². The van der Waals surface area contributed by atoms with Gasteiger partial charge in [-0.25, -0.2) is 0 Å². The number of carbonyl (C=O) groups excluding carboxylic acids is 1. The first-order valence-corrected chi connectivity index (χ1v) is 8.51. The summed E-state index contributed by atoms with van der Waals surface area (Å²) in [5, 5.41) is 11.7. The third kappa shape index (κ3) is 4.26. The standard InChI is InChI=1S/C17H23NO3S/c1-12-5-7-14(8-6-12)22-17(9-3-4-10-17)16(21)18-13(2)11-15(19)20/h5-8,13H,3-4,9-11H2,1-2H3,(H,18,21)(H,19,20). The second kappa shape index (κ2) is 7.18. The highest BCUT2D eigenvalue weighted by molar-refractivity contribution is 8.01. The summed E-state index contributed by atoms with van der Waals surface area (Å²) in [7, 11) is 0. The van der Waals surface area contributed by atoms with E-state index in [2.05, 4.69) is 17.4 Å². The molecular formula is C17H23NO3S. The zero-order valence-corrected chi connectivity index (χ0v) is 13.9. The molecule has 1 fully saturated rings. The second-order valence-electron chi connectivity index (χ2n) is 6.09. The minimum atomic E-state index is -0.889. The van der Waals surface area contributed by atoms with Gasteiger partial charge < -0.3 is 10.4 Å². The van der Waals surface area contributed by atoms with Gasteiger partial charge in [-0.1, -0.05) is 30.5 Å². The Morgan fingerprint density at radius 3 is 2.41 bits per heavy atom. The van der Waals surface area contributed by atoms with Crippen molar-refractivity contribution in [3.63, 3.8) is 0 Å². The lowest BCUT2D eigenvalue weighted by atomic mass is 10.1. The molecule has 1 amide bonds. The summed E-state index contributed by atoms with van der Waals surface area (Å²) >= 11 is 1.62. The van der Waals surface area contributed by atoms with Crippen LogP contribution in [0.15, 0.2) is 29.2 Å². The molecule has 0 aromatic heterocycles. The van der Waals surface area contributed by atoms with Gasteiger partial charge in [0.1, 0.15) is 0 Å². The largest absolute Gasteiger partial charge is 0.481 e. The molecule has 0 spiro atoms. The molecule has 2 rings (SSSR count). The third-order valence-corrected chi connectivity index (χ3v) is 5.51. The quantitative estimate of drug-likeness (QED) is 0.843. The Morgan fingerprint density at radius 1 is 1.27 bits per heavy atom. The van der Waals surface area contributed by atoms with E-state index in [9.17, 15) is 9.59 Å². The van der Waals surface area contributed by atoms with E-state index >= 15 is 0 Å². The molecule has 120 valence electrons. The summed E-state index contributed by atoms with van der Waals surface area (Å²) in [4.78, 5) is 24.6. The number of hydrogen-bond acceptors (Lipinski definition) is 3. The molecule has 1 aliphatic rings. The van der Waals surface area contributed by atoms with Crippen LogP contribution in [0, 0.1) is 6.92 Å². The smallest absolute Gasteiger partial charge is 0.305 e. The van der Waals surface area contributed by atoms with E-state index in [0.29, 0.717) is 0 Å². The molecule has 1 saturated carbocycles. The van der Waals surface area contributed by atoms with Crippen LogP contribution in [0.2, 0.25) is 0 Å². The van der Waals surface area contributed by atoms with Gasteiger partial charge in [0.05, 0.1) is 11.2 Å². The Balaban J connectivity index is 2.08. The minimum absolute atomic E-state index is 0.0238. The van der Waals surface area contributed by atoms with Crippen LogP contribution in [0.3, 0.4) is 0 Å². The highest BCUT2D eigenvalue weighted by Gasteiger charge is 2.42. The van der Waals surface area contributed by atoms with Gasteiger partial charge in [-0.3, -0.25) is 9.59 Å². The van der Waals surface area contributed by atoms with Crippen LogP contribution in [-0.2, 0) is 9.59 Å². The lowest BCUT2D eigenvalue weighted by Crippen LogP contribution is -2.46. The fourth-order valence-electron chi connectivity index (χ4n) is 2.82. The lowest BCUT2D eigenvalue weighted by molar-refractivity contribution is -0.137. The number of rotatable bonds is 6. The van der Waals surface area contributed by atoms with E-state index < -0.39 is 10.7 Å². The average Bonchev–Trinajstić information content (AvgIpc) is 2.90. The monoisotopic (exact) mass is 321 g/mol. The first-order valence-electron chi connectivity index (χ1n) is 7.70. The lowest BCUT2D eigenvalue weighted by Gasteiger charge is -2.28. The molecule has 4 nitrogen and oxygen atoms in total. The molecule has 0 aliphatic heterocycles. The molecule has 1 aliphatic carbocycles. The predicted molar refractivity (Wildman–Crippen MR) is 88.1 cm³/mol. The van der Waals surface area contributed by atoms with Crippen molar-refractivity contribution in [1.82, 2.24) is 5.32 Å². The van der Waals surface area contributed by atoms with Gasteiger partial charge in [0, 0.05) is 10.9 Å². The van der Waals surface area contributed by atoms with Gasteiger partial charge in [-0.05, 0) is 38.8 Å². The van der Waals surface area contributed by atoms with E-state index in [1.54, 1.807) is 18.7 Å². The van der Waals surface area contributed by atoms with Crippen LogP contribution in [0.25, 0.3) is 0 Å². The topological polar surface area (TPSA) is 66.4 Å². The van der Waals surface area contributed by atoms with Crippen LogP contribution in [0.4, 0.5) is 0 Å². The van der Waals surface area contributed by atoms with Crippen molar-refractivity contribution in [2.45, 2.75) is 61.6 Å². The van der Waals surface area contributed by atoms with Crippen molar-refractivity contribution in [1.29, 1.82) is 0 Å². The Hall–Kier alpha value is -1.49. The molecule has 1 unspecified atom stereocenters. The number of carbonyl (C=O) groups is 2. The summed E-state index contributed by atoms with van der Waals surface area (Å²) in [5.41, 5.74) is 1.20. The number of thioether (sulfide) groups is 1. The van der Waals surface area contributed by atoms with Gasteiger partial charge >= 0.3 is 5.97 Å². The Kier molecular flexibility index (Phi) is 5.51. The van der Waals surface area contributed by atoms with Crippen LogP contribution < -0.4 is 5.32 Å². The van der Waals surface area contributed by atoms with Crippen molar-refractivity contribution < 1.29 is 14.7 Å². The van der Waals surface area contributed by atoms with Crippen LogP contribution in [-0.4, -0.2) is 27.8 Å². The van der Waals surface area contributed by atoms with E-state index in [-0.39, 0.29) is 18.4 Å². The first kappa shape index (κ1) is 16.9. The highest BCUT2D eigenvalue weighted by Crippen LogP contribution is 2.45. The number of benzene rings is 1. The third-order valence-electron chi connectivity index (χ3n) is 4.02. The number of hydrogen-bond donors (Lipinski definition) is 2. The second-order valence-corrected chi connectivity index (χ2v) is 7.55. The number of carboxylic acids is 1. The molecule has 22 heavy (non-hydrogen) atoms. The van der Waals surface area contributed by atoms with Gasteiger partial charge in [-0.2, -0.15) is 0 Å². The van der Waals surface area contributed by atoms with E-state index in [0.717, 1.165) is 30.6 Å². The summed E-state index contributed by atoms with van der Waals surface area (Å²) < 4.78 is -0.456. The molecule has 0 saturated heterocycles. The molecule has 1 atom stereocenters. The molecule has 0 heterocycles. The number of aliphatic carboxylic acids is 1. The summed E-state index contributed by atoms with van der Waals surface area (Å²) in [6.45, 7) is 3.78. The van der Waals surface area contributed by atoms with Gasteiger partial charge in [0.2, 0.25) is 5.91 Å². The van der Waals surface area contributed by atoms with E-state index in [1.165, 1.54) is 5.56 Å². The van der Waals surface area contributed by atoms with Crippen molar-refractivity contribution in [2.75, 3.05) is 0 Å². The van der Waals surface area contributed by atoms with E-state index in [4.69, 9.17) is 5.11 Å².